The lowest BCUT2D eigenvalue weighted by molar-refractivity contribution is -0.143. The topological polar surface area (TPSA) is 134 Å². The molecule has 0 aliphatic carbocycles. The first-order chi connectivity index (χ1) is 15.4. The zero-order valence-electron chi connectivity index (χ0n) is 16.3. The number of hydrogen-bond acceptors (Lipinski definition) is 6. The van der Waals surface area contributed by atoms with Crippen LogP contribution in [0.4, 0.5) is 26.3 Å². The number of nitrogens with two attached hydrogens (primary N) is 1. The summed E-state index contributed by atoms with van der Waals surface area (Å²) in [6, 6.07) is 0.755. The maximum atomic E-state index is 12.9. The highest BCUT2D eigenvalue weighted by Gasteiger charge is 2.37. The average molecular weight is 475 g/mol. The van der Waals surface area contributed by atoms with Crippen molar-refractivity contribution in [1.82, 2.24) is 26.2 Å². The van der Waals surface area contributed by atoms with Crippen LogP contribution in [0, 0.1) is 0 Å². The molecule has 5 N–H and O–H groups in total. The van der Waals surface area contributed by atoms with Gasteiger partial charge in [0.05, 0.1) is 23.2 Å². The lowest BCUT2D eigenvalue weighted by Crippen LogP contribution is -2.41. The van der Waals surface area contributed by atoms with Gasteiger partial charge >= 0.3 is 12.4 Å². The first kappa shape index (κ1) is 25.1. The monoisotopic (exact) mass is 475 g/mol. The second kappa shape index (κ2) is 10.4. The highest BCUT2D eigenvalue weighted by molar-refractivity contribution is 5.97. The van der Waals surface area contributed by atoms with E-state index >= 15 is 0 Å². The number of halogens is 6. The summed E-state index contributed by atoms with van der Waals surface area (Å²) in [5.41, 5.74) is 8.26. The van der Waals surface area contributed by atoms with Crippen LogP contribution in [-0.2, 0) is 28.4 Å². The van der Waals surface area contributed by atoms with E-state index in [1.807, 2.05) is 5.43 Å². The maximum Gasteiger partial charge on any atom is 0.416 e. The number of carbonyl (C=O) groups excluding carboxylic acids is 2. The van der Waals surface area contributed by atoms with Gasteiger partial charge in [-0.05, 0) is 18.2 Å². The van der Waals surface area contributed by atoms with Crippen molar-refractivity contribution in [3.8, 4) is 0 Å². The van der Waals surface area contributed by atoms with Crippen LogP contribution < -0.4 is 22.0 Å². The molecule has 2 rings (SSSR count). The Morgan fingerprint density at radius 2 is 1.64 bits per heavy atom. The summed E-state index contributed by atoms with van der Waals surface area (Å²) in [7, 11) is 0. The lowest BCUT2D eigenvalue weighted by Gasteiger charge is -2.13. The number of nitrogens with zero attached hydrogens (tertiary/aromatic N) is 3. The fraction of sp³-hybridized carbons (Fsp3) is 0.167. The molecule has 1 aromatic heterocycles. The molecule has 0 unspecified atom stereocenters. The molecule has 0 saturated carbocycles. The van der Waals surface area contributed by atoms with E-state index in [1.165, 1.54) is 18.6 Å². The zero-order chi connectivity index (χ0) is 24.6. The molecule has 0 saturated heterocycles. The molecule has 1 heterocycles. The van der Waals surface area contributed by atoms with Crippen LogP contribution in [0.5, 0.6) is 0 Å². The lowest BCUT2D eigenvalue weighted by atomic mass is 10.0. The van der Waals surface area contributed by atoms with Gasteiger partial charge in [0, 0.05) is 36.4 Å². The first-order valence-electron chi connectivity index (χ1n) is 8.75. The minimum atomic E-state index is -5.04. The first-order valence-corrected chi connectivity index (χ1v) is 8.75. The fourth-order valence-electron chi connectivity index (χ4n) is 2.19. The van der Waals surface area contributed by atoms with Gasteiger partial charge in [-0.15, -0.1) is 0 Å². The third kappa shape index (κ3) is 8.12. The van der Waals surface area contributed by atoms with Crippen molar-refractivity contribution in [2.75, 3.05) is 0 Å². The quantitative estimate of drug-likeness (QED) is 0.165. The Bertz CT molecular complexity index is 1020. The van der Waals surface area contributed by atoms with E-state index < -0.39 is 46.7 Å². The summed E-state index contributed by atoms with van der Waals surface area (Å²) in [4.78, 5) is 30.9. The SMILES string of the molecule is N/C(=N\N/C=C\C(=O)NNC(=O)Cc1cnccn1)c1cc(C(F)(F)F)cc(C(F)(F)F)c1. The van der Waals surface area contributed by atoms with Gasteiger partial charge in [-0.2, -0.15) is 31.4 Å². The number of amides is 2. The third-order valence-corrected chi connectivity index (χ3v) is 3.66. The molecule has 0 spiro atoms. The summed E-state index contributed by atoms with van der Waals surface area (Å²) >= 11 is 0. The summed E-state index contributed by atoms with van der Waals surface area (Å²) in [6.07, 6.45) is -4.38. The Morgan fingerprint density at radius 1 is 1.00 bits per heavy atom. The Hall–Kier alpha value is -4.17. The largest absolute Gasteiger partial charge is 0.416 e. The summed E-state index contributed by atoms with van der Waals surface area (Å²) in [5, 5.41) is 3.40. The summed E-state index contributed by atoms with van der Waals surface area (Å²) in [6.45, 7) is 0. The van der Waals surface area contributed by atoms with Crippen LogP contribution in [-0.4, -0.2) is 27.6 Å². The van der Waals surface area contributed by atoms with Crippen molar-refractivity contribution in [2.45, 2.75) is 18.8 Å². The maximum absolute atomic E-state index is 12.9. The predicted octanol–water partition coefficient (Wildman–Crippen LogP) is 1.63. The standard InChI is InChI=1S/C18H15F6N7O2/c19-17(20,21)11-5-10(6-12(7-11)18(22,23)24)16(25)31-28-2-1-14(32)29-30-15(33)8-13-9-26-3-4-27-13/h1-7,9,28H,8H2,(H2,25,31)(H,29,32)(H,30,33)/b2-1-. The van der Waals surface area contributed by atoms with Gasteiger partial charge in [-0.1, -0.05) is 0 Å². The molecule has 0 fully saturated rings. The number of rotatable bonds is 6. The number of hydrazine groups is 1. The smallest absolute Gasteiger partial charge is 0.382 e. The highest BCUT2D eigenvalue weighted by atomic mass is 19.4. The van der Waals surface area contributed by atoms with Crippen LogP contribution in [0.15, 0.2) is 54.2 Å². The summed E-state index contributed by atoms with van der Waals surface area (Å²) in [5.74, 6) is -2.13. The van der Waals surface area contributed by atoms with Crippen molar-refractivity contribution in [2.24, 2.45) is 10.8 Å². The molecule has 0 aliphatic heterocycles. The number of benzene rings is 1. The van der Waals surface area contributed by atoms with E-state index in [9.17, 15) is 35.9 Å². The Balaban J connectivity index is 1.96. The Morgan fingerprint density at radius 3 is 2.18 bits per heavy atom. The van der Waals surface area contributed by atoms with E-state index in [0.29, 0.717) is 17.8 Å². The second-order valence-electron chi connectivity index (χ2n) is 6.16. The van der Waals surface area contributed by atoms with Crippen LogP contribution in [0.25, 0.3) is 0 Å². The molecule has 33 heavy (non-hydrogen) atoms. The number of amidine groups is 1. The zero-order valence-corrected chi connectivity index (χ0v) is 16.3. The van der Waals surface area contributed by atoms with Crippen molar-refractivity contribution in [3.05, 3.63) is 71.4 Å². The number of nitrogens with one attached hydrogen (secondary N) is 3. The number of alkyl halides is 6. The van der Waals surface area contributed by atoms with Crippen molar-refractivity contribution < 1.29 is 35.9 Å². The van der Waals surface area contributed by atoms with Gasteiger partial charge in [0.1, 0.15) is 0 Å². The number of hydrogen-bond donors (Lipinski definition) is 4. The molecule has 0 atom stereocenters. The minimum Gasteiger partial charge on any atom is -0.382 e. The molecular formula is C18H15F6N7O2. The van der Waals surface area contributed by atoms with E-state index in [-0.39, 0.29) is 12.5 Å². The molecule has 0 radical (unpaired) electrons. The van der Waals surface area contributed by atoms with Crippen LogP contribution in [0.2, 0.25) is 0 Å². The van der Waals surface area contributed by atoms with E-state index in [4.69, 9.17) is 5.73 Å². The van der Waals surface area contributed by atoms with Crippen LogP contribution >= 0.6 is 0 Å². The predicted molar refractivity (Wildman–Crippen MR) is 101 cm³/mol. The molecule has 0 bridgehead atoms. The van der Waals surface area contributed by atoms with E-state index in [2.05, 4.69) is 25.9 Å². The van der Waals surface area contributed by atoms with Crippen LogP contribution in [0.3, 0.4) is 0 Å². The van der Waals surface area contributed by atoms with Gasteiger partial charge in [-0.3, -0.25) is 35.8 Å². The molecule has 2 amide bonds. The Labute approximate surface area is 181 Å². The van der Waals surface area contributed by atoms with Gasteiger partial charge < -0.3 is 5.73 Å². The normalized spacial score (nSPS) is 12.5. The van der Waals surface area contributed by atoms with Crippen molar-refractivity contribution in [3.63, 3.8) is 0 Å². The fourth-order valence-corrected chi connectivity index (χ4v) is 2.19. The second-order valence-corrected chi connectivity index (χ2v) is 6.16. The van der Waals surface area contributed by atoms with Gasteiger partial charge in [0.25, 0.3) is 5.91 Å². The molecule has 176 valence electrons. The molecule has 1 aromatic carbocycles. The van der Waals surface area contributed by atoms with Crippen LogP contribution in [0.1, 0.15) is 22.4 Å². The van der Waals surface area contributed by atoms with E-state index in [1.54, 1.807) is 0 Å². The number of aromatic nitrogens is 2. The molecular weight excluding hydrogens is 460 g/mol. The Kier molecular flexibility index (Phi) is 7.93. The third-order valence-electron chi connectivity index (χ3n) is 3.66. The number of hydrazone groups is 1. The van der Waals surface area contributed by atoms with Crippen molar-refractivity contribution >= 4 is 17.6 Å². The molecule has 0 aliphatic rings. The average Bonchev–Trinajstić information content (AvgIpc) is 2.74. The van der Waals surface area contributed by atoms with E-state index in [0.717, 1.165) is 12.3 Å². The van der Waals surface area contributed by atoms with Gasteiger partial charge in [0.15, 0.2) is 5.84 Å². The van der Waals surface area contributed by atoms with Gasteiger partial charge in [0.2, 0.25) is 5.91 Å². The summed E-state index contributed by atoms with van der Waals surface area (Å²) < 4.78 is 77.3. The molecule has 15 heteroatoms. The highest BCUT2D eigenvalue weighted by Crippen LogP contribution is 2.36. The van der Waals surface area contributed by atoms with Crippen molar-refractivity contribution in [1.29, 1.82) is 0 Å². The molecule has 9 nitrogen and oxygen atoms in total. The van der Waals surface area contributed by atoms with Gasteiger partial charge in [-0.25, -0.2) is 0 Å². The number of carbonyl (C=O) groups is 2. The molecule has 2 aromatic rings. The minimum absolute atomic E-state index is 0.0485.